The minimum atomic E-state index is 0.362. The molecule has 2 atom stereocenters. The van der Waals surface area contributed by atoms with Gasteiger partial charge in [-0.2, -0.15) is 0 Å². The van der Waals surface area contributed by atoms with Crippen LogP contribution in [0.4, 0.5) is 0 Å². The Hall–Kier alpha value is -1.26. The molecule has 3 heterocycles. The zero-order valence-electron chi connectivity index (χ0n) is 11.8. The van der Waals surface area contributed by atoms with Crippen molar-refractivity contribution in [3.63, 3.8) is 0 Å². The maximum Gasteiger partial charge on any atom is 0.231 e. The minimum Gasteiger partial charge on any atom is -0.454 e. The molecule has 0 amide bonds. The molecule has 0 radical (unpaired) electrons. The Morgan fingerprint density at radius 3 is 3.25 bits per heavy atom. The number of rotatable bonds is 2. The van der Waals surface area contributed by atoms with Crippen molar-refractivity contribution in [1.82, 2.24) is 10.2 Å². The SMILES string of the molecule is c1cc(CN2CCC3NCCCC3C2)c2c(c1)OCO2. The number of likely N-dealkylation sites (tertiary alicyclic amines) is 1. The summed E-state index contributed by atoms with van der Waals surface area (Å²) in [5.41, 5.74) is 1.27. The average molecular weight is 274 g/mol. The van der Waals surface area contributed by atoms with Gasteiger partial charge in [0.1, 0.15) is 0 Å². The van der Waals surface area contributed by atoms with Crippen LogP contribution in [0.15, 0.2) is 18.2 Å². The van der Waals surface area contributed by atoms with E-state index in [-0.39, 0.29) is 0 Å². The summed E-state index contributed by atoms with van der Waals surface area (Å²) in [6.07, 6.45) is 3.98. The monoisotopic (exact) mass is 274 g/mol. The van der Waals surface area contributed by atoms with E-state index in [1.54, 1.807) is 0 Å². The maximum atomic E-state index is 5.62. The van der Waals surface area contributed by atoms with Gasteiger partial charge in [-0.1, -0.05) is 12.1 Å². The molecule has 2 saturated heterocycles. The molecule has 0 saturated carbocycles. The molecule has 1 N–H and O–H groups in total. The van der Waals surface area contributed by atoms with Crippen LogP contribution < -0.4 is 14.8 Å². The van der Waals surface area contributed by atoms with Gasteiger partial charge < -0.3 is 14.8 Å². The Morgan fingerprint density at radius 2 is 2.25 bits per heavy atom. The molecule has 0 aliphatic carbocycles. The third kappa shape index (κ3) is 2.27. The molecular formula is C16H22N2O2. The largest absolute Gasteiger partial charge is 0.454 e. The van der Waals surface area contributed by atoms with E-state index >= 15 is 0 Å². The molecule has 2 fully saturated rings. The second-order valence-electron chi connectivity index (χ2n) is 6.14. The lowest BCUT2D eigenvalue weighted by Gasteiger charge is -2.41. The van der Waals surface area contributed by atoms with Gasteiger partial charge in [-0.15, -0.1) is 0 Å². The second-order valence-corrected chi connectivity index (χ2v) is 6.14. The van der Waals surface area contributed by atoms with Crippen LogP contribution in [-0.2, 0) is 6.54 Å². The summed E-state index contributed by atoms with van der Waals surface area (Å²) in [4.78, 5) is 2.57. The van der Waals surface area contributed by atoms with Crippen LogP contribution in [0.5, 0.6) is 11.5 Å². The number of nitrogens with zero attached hydrogens (tertiary/aromatic N) is 1. The van der Waals surface area contributed by atoms with Crippen molar-refractivity contribution in [3.05, 3.63) is 23.8 Å². The Morgan fingerprint density at radius 1 is 1.25 bits per heavy atom. The van der Waals surface area contributed by atoms with Gasteiger partial charge in [0.05, 0.1) is 0 Å². The zero-order chi connectivity index (χ0) is 13.4. The Kier molecular flexibility index (Phi) is 3.28. The van der Waals surface area contributed by atoms with E-state index in [0.717, 1.165) is 30.0 Å². The number of hydrogen-bond donors (Lipinski definition) is 1. The van der Waals surface area contributed by atoms with Crippen LogP contribution in [-0.4, -0.2) is 37.4 Å². The fourth-order valence-corrected chi connectivity index (χ4v) is 3.82. The van der Waals surface area contributed by atoms with Gasteiger partial charge >= 0.3 is 0 Å². The lowest BCUT2D eigenvalue weighted by Crippen LogP contribution is -2.51. The molecule has 0 aromatic heterocycles. The molecule has 1 aromatic rings. The first-order chi connectivity index (χ1) is 9.90. The van der Waals surface area contributed by atoms with Crippen molar-refractivity contribution in [3.8, 4) is 11.5 Å². The van der Waals surface area contributed by atoms with Crippen LogP contribution in [0.3, 0.4) is 0 Å². The number of benzene rings is 1. The van der Waals surface area contributed by atoms with Crippen LogP contribution in [0.25, 0.3) is 0 Å². The first kappa shape index (κ1) is 12.5. The molecule has 4 rings (SSSR count). The summed E-state index contributed by atoms with van der Waals surface area (Å²) in [6.45, 7) is 4.94. The number of nitrogens with one attached hydrogen (secondary N) is 1. The number of piperidine rings is 2. The standard InChI is InChI=1S/C16H22N2O2/c1-3-13(16-15(5-1)19-11-20-16)10-18-8-6-14-12(9-18)4-2-7-17-14/h1,3,5,12,14,17H,2,4,6-11H2. The fourth-order valence-electron chi connectivity index (χ4n) is 3.82. The summed E-state index contributed by atoms with van der Waals surface area (Å²) in [5.74, 6) is 2.68. The molecule has 3 aliphatic rings. The predicted octanol–water partition coefficient (Wildman–Crippen LogP) is 1.99. The third-order valence-corrected chi connectivity index (χ3v) is 4.85. The number of para-hydroxylation sites is 1. The van der Waals surface area contributed by atoms with E-state index in [1.807, 2.05) is 6.07 Å². The van der Waals surface area contributed by atoms with Crippen molar-refractivity contribution in [2.24, 2.45) is 5.92 Å². The molecule has 4 nitrogen and oxygen atoms in total. The number of hydrogen-bond acceptors (Lipinski definition) is 4. The van der Waals surface area contributed by atoms with Gasteiger partial charge in [0.25, 0.3) is 0 Å². The van der Waals surface area contributed by atoms with Crippen molar-refractivity contribution >= 4 is 0 Å². The van der Waals surface area contributed by atoms with E-state index in [4.69, 9.17) is 9.47 Å². The van der Waals surface area contributed by atoms with Crippen molar-refractivity contribution in [1.29, 1.82) is 0 Å². The van der Waals surface area contributed by atoms with Gasteiger partial charge in [0.15, 0.2) is 11.5 Å². The van der Waals surface area contributed by atoms with Gasteiger partial charge in [-0.05, 0) is 44.3 Å². The zero-order valence-corrected chi connectivity index (χ0v) is 11.8. The highest BCUT2D eigenvalue weighted by atomic mass is 16.7. The van der Waals surface area contributed by atoms with Crippen molar-refractivity contribution in [2.75, 3.05) is 26.4 Å². The summed E-state index contributed by atoms with van der Waals surface area (Å²) in [6, 6.07) is 6.97. The normalized spacial score (nSPS) is 29.2. The Labute approximate surface area is 120 Å². The fraction of sp³-hybridized carbons (Fsp3) is 0.625. The number of ether oxygens (including phenoxy) is 2. The maximum absolute atomic E-state index is 5.62. The molecule has 1 aromatic carbocycles. The van der Waals surface area contributed by atoms with E-state index < -0.39 is 0 Å². The van der Waals surface area contributed by atoms with Gasteiger partial charge in [-0.25, -0.2) is 0 Å². The van der Waals surface area contributed by atoms with E-state index in [9.17, 15) is 0 Å². The molecule has 20 heavy (non-hydrogen) atoms. The summed E-state index contributed by atoms with van der Waals surface area (Å²) < 4.78 is 11.1. The van der Waals surface area contributed by atoms with Crippen LogP contribution in [0.1, 0.15) is 24.8 Å². The lowest BCUT2D eigenvalue weighted by atomic mass is 9.85. The minimum absolute atomic E-state index is 0.362. The average Bonchev–Trinajstić information content (AvgIpc) is 2.97. The summed E-state index contributed by atoms with van der Waals surface area (Å²) >= 11 is 0. The van der Waals surface area contributed by atoms with E-state index in [2.05, 4.69) is 22.3 Å². The van der Waals surface area contributed by atoms with Crippen LogP contribution in [0, 0.1) is 5.92 Å². The second kappa shape index (κ2) is 5.26. The highest BCUT2D eigenvalue weighted by Gasteiger charge is 2.31. The summed E-state index contributed by atoms with van der Waals surface area (Å²) in [7, 11) is 0. The predicted molar refractivity (Wildman–Crippen MR) is 77.0 cm³/mol. The van der Waals surface area contributed by atoms with Gasteiger partial charge in [0, 0.05) is 24.7 Å². The van der Waals surface area contributed by atoms with E-state index in [1.165, 1.54) is 44.5 Å². The third-order valence-electron chi connectivity index (χ3n) is 4.85. The molecule has 0 bridgehead atoms. The van der Waals surface area contributed by atoms with Crippen LogP contribution >= 0.6 is 0 Å². The lowest BCUT2D eigenvalue weighted by molar-refractivity contribution is 0.107. The van der Waals surface area contributed by atoms with Crippen molar-refractivity contribution < 1.29 is 9.47 Å². The highest BCUT2D eigenvalue weighted by Crippen LogP contribution is 2.36. The van der Waals surface area contributed by atoms with E-state index in [0.29, 0.717) is 6.79 Å². The first-order valence-corrected chi connectivity index (χ1v) is 7.73. The molecule has 108 valence electrons. The van der Waals surface area contributed by atoms with Crippen LogP contribution in [0.2, 0.25) is 0 Å². The Bertz CT molecular complexity index is 491. The molecule has 2 unspecified atom stereocenters. The quantitative estimate of drug-likeness (QED) is 0.894. The topological polar surface area (TPSA) is 33.7 Å². The molecular weight excluding hydrogens is 252 g/mol. The molecule has 4 heteroatoms. The van der Waals surface area contributed by atoms with Gasteiger partial charge in [0.2, 0.25) is 6.79 Å². The smallest absolute Gasteiger partial charge is 0.231 e. The molecule has 0 spiro atoms. The summed E-state index contributed by atoms with van der Waals surface area (Å²) in [5, 5.41) is 3.68. The highest BCUT2D eigenvalue weighted by molar-refractivity contribution is 5.48. The number of fused-ring (bicyclic) bond motifs is 2. The Balaban J connectivity index is 1.46. The van der Waals surface area contributed by atoms with Gasteiger partial charge in [-0.3, -0.25) is 4.90 Å². The van der Waals surface area contributed by atoms with Crippen molar-refractivity contribution in [2.45, 2.75) is 31.8 Å². The first-order valence-electron chi connectivity index (χ1n) is 7.73. The molecule has 3 aliphatic heterocycles.